The average molecular weight is 334 g/mol. The molecule has 1 N–H and O–H groups in total. The number of carbonyl (C=O) groups is 2. The lowest BCUT2D eigenvalue weighted by atomic mass is 10.1. The van der Waals surface area contributed by atoms with Crippen molar-refractivity contribution in [2.45, 2.75) is 52.4 Å². The van der Waals surface area contributed by atoms with Gasteiger partial charge in [-0.15, -0.1) is 0 Å². The molecule has 0 radical (unpaired) electrons. The Balaban J connectivity index is 1.98. The third-order valence-electron chi connectivity index (χ3n) is 3.48. The van der Waals surface area contributed by atoms with Crippen molar-refractivity contribution in [3.63, 3.8) is 0 Å². The minimum Gasteiger partial charge on any atom is -0.444 e. The quantitative estimate of drug-likeness (QED) is 0.901. The zero-order chi connectivity index (χ0) is 17.9. The topological polar surface area (TPSA) is 67.9 Å². The Bertz CT molecular complexity index is 582. The maximum Gasteiger partial charge on any atom is 0.412 e. The van der Waals surface area contributed by atoms with Gasteiger partial charge in [0.25, 0.3) is 5.91 Å². The molecular weight excluding hydrogens is 308 g/mol. The van der Waals surface area contributed by atoms with Crippen molar-refractivity contribution in [1.29, 1.82) is 0 Å². The summed E-state index contributed by atoms with van der Waals surface area (Å²) < 4.78 is 10.8. The molecule has 0 aliphatic carbocycles. The van der Waals surface area contributed by atoms with Crippen molar-refractivity contribution in [3.8, 4) is 0 Å². The molecule has 2 rings (SSSR count). The van der Waals surface area contributed by atoms with E-state index in [0.29, 0.717) is 24.3 Å². The molecule has 24 heavy (non-hydrogen) atoms. The number of nitrogens with one attached hydrogen (secondary N) is 1. The van der Waals surface area contributed by atoms with E-state index in [-0.39, 0.29) is 18.1 Å². The molecule has 1 saturated heterocycles. The lowest BCUT2D eigenvalue weighted by molar-refractivity contribution is -0.0586. The number of anilines is 1. The van der Waals surface area contributed by atoms with Gasteiger partial charge < -0.3 is 14.4 Å². The molecule has 1 aliphatic rings. The van der Waals surface area contributed by atoms with Crippen LogP contribution in [0.2, 0.25) is 0 Å². The van der Waals surface area contributed by atoms with Gasteiger partial charge in [0, 0.05) is 24.3 Å². The van der Waals surface area contributed by atoms with Gasteiger partial charge in [0.1, 0.15) is 5.60 Å². The Labute approximate surface area is 143 Å². The van der Waals surface area contributed by atoms with Gasteiger partial charge in [0.15, 0.2) is 0 Å². The molecule has 6 heteroatoms. The van der Waals surface area contributed by atoms with Crippen LogP contribution in [0.5, 0.6) is 0 Å². The summed E-state index contributed by atoms with van der Waals surface area (Å²) in [6.45, 7) is 10.5. The third kappa shape index (κ3) is 5.23. The van der Waals surface area contributed by atoms with Crippen LogP contribution in [0.4, 0.5) is 10.5 Å². The molecule has 132 valence electrons. The molecule has 0 spiro atoms. The molecule has 1 aromatic rings. The van der Waals surface area contributed by atoms with Crippen LogP contribution in [-0.4, -0.2) is 47.8 Å². The lowest BCUT2D eigenvalue weighted by Gasteiger charge is -2.35. The number of hydrogen-bond donors (Lipinski definition) is 1. The van der Waals surface area contributed by atoms with E-state index in [0.717, 1.165) is 0 Å². The lowest BCUT2D eigenvalue weighted by Crippen LogP contribution is -2.48. The standard InChI is InChI=1S/C18H26N2O4/c1-12-10-20(11-13(2)23-12)16(21)14-6-8-15(9-7-14)19-17(22)24-18(3,4)5/h6-9,12-13H,10-11H2,1-5H3,(H,19,22). The molecule has 1 aromatic carbocycles. The Morgan fingerprint density at radius 2 is 1.67 bits per heavy atom. The first-order chi connectivity index (χ1) is 11.1. The molecule has 0 bridgehead atoms. The first-order valence-electron chi connectivity index (χ1n) is 8.19. The van der Waals surface area contributed by atoms with Crippen LogP contribution in [0.25, 0.3) is 0 Å². The third-order valence-corrected chi connectivity index (χ3v) is 3.48. The first kappa shape index (κ1) is 18.3. The predicted molar refractivity (Wildman–Crippen MR) is 92.2 cm³/mol. The Hall–Kier alpha value is -2.08. The molecule has 1 fully saturated rings. The fourth-order valence-electron chi connectivity index (χ4n) is 2.64. The predicted octanol–water partition coefficient (Wildman–Crippen LogP) is 3.28. The van der Waals surface area contributed by atoms with Gasteiger partial charge in [0.05, 0.1) is 12.2 Å². The highest BCUT2D eigenvalue weighted by atomic mass is 16.6. The summed E-state index contributed by atoms with van der Waals surface area (Å²) in [6.07, 6.45) is -0.450. The van der Waals surface area contributed by atoms with Crippen molar-refractivity contribution in [2.24, 2.45) is 0 Å². The van der Waals surface area contributed by atoms with Gasteiger partial charge in [-0.3, -0.25) is 10.1 Å². The van der Waals surface area contributed by atoms with Crippen LogP contribution in [0.15, 0.2) is 24.3 Å². The molecule has 1 aliphatic heterocycles. The zero-order valence-electron chi connectivity index (χ0n) is 15.0. The second-order valence-corrected chi connectivity index (χ2v) is 7.17. The maximum atomic E-state index is 12.6. The minimum absolute atomic E-state index is 0.0270. The van der Waals surface area contributed by atoms with E-state index >= 15 is 0 Å². The van der Waals surface area contributed by atoms with Crippen LogP contribution in [0.3, 0.4) is 0 Å². The summed E-state index contributed by atoms with van der Waals surface area (Å²) in [7, 11) is 0. The van der Waals surface area contributed by atoms with Crippen molar-refractivity contribution in [2.75, 3.05) is 18.4 Å². The number of rotatable bonds is 2. The molecule has 0 aromatic heterocycles. The van der Waals surface area contributed by atoms with E-state index in [1.54, 1.807) is 49.9 Å². The smallest absolute Gasteiger partial charge is 0.412 e. The Morgan fingerprint density at radius 1 is 1.12 bits per heavy atom. The van der Waals surface area contributed by atoms with E-state index in [2.05, 4.69) is 5.32 Å². The number of nitrogens with zero attached hydrogens (tertiary/aromatic N) is 1. The molecule has 6 nitrogen and oxygen atoms in total. The molecular formula is C18H26N2O4. The normalized spacial score (nSPS) is 21.3. The van der Waals surface area contributed by atoms with Crippen molar-refractivity contribution >= 4 is 17.7 Å². The minimum atomic E-state index is -0.552. The average Bonchev–Trinajstić information content (AvgIpc) is 2.44. The second-order valence-electron chi connectivity index (χ2n) is 7.17. The Kier molecular flexibility index (Phi) is 5.49. The van der Waals surface area contributed by atoms with Gasteiger partial charge in [-0.2, -0.15) is 0 Å². The van der Waals surface area contributed by atoms with Gasteiger partial charge in [-0.25, -0.2) is 4.79 Å². The molecule has 2 amide bonds. The molecule has 1 heterocycles. The van der Waals surface area contributed by atoms with Gasteiger partial charge >= 0.3 is 6.09 Å². The van der Waals surface area contributed by atoms with Crippen molar-refractivity contribution < 1.29 is 19.1 Å². The highest BCUT2D eigenvalue weighted by Crippen LogP contribution is 2.17. The van der Waals surface area contributed by atoms with E-state index in [4.69, 9.17) is 9.47 Å². The van der Waals surface area contributed by atoms with Crippen LogP contribution in [0.1, 0.15) is 45.0 Å². The summed E-state index contributed by atoms with van der Waals surface area (Å²) >= 11 is 0. The number of morpholine rings is 1. The molecule has 0 saturated carbocycles. The fourth-order valence-corrected chi connectivity index (χ4v) is 2.64. The summed E-state index contributed by atoms with van der Waals surface area (Å²) in [4.78, 5) is 26.1. The zero-order valence-corrected chi connectivity index (χ0v) is 15.0. The molecule has 2 unspecified atom stereocenters. The number of hydrogen-bond acceptors (Lipinski definition) is 4. The largest absolute Gasteiger partial charge is 0.444 e. The molecule has 2 atom stereocenters. The van der Waals surface area contributed by atoms with E-state index in [1.165, 1.54) is 0 Å². The van der Waals surface area contributed by atoms with Crippen LogP contribution in [0, 0.1) is 0 Å². The van der Waals surface area contributed by atoms with Gasteiger partial charge in [-0.1, -0.05) is 0 Å². The first-order valence-corrected chi connectivity index (χ1v) is 8.19. The van der Waals surface area contributed by atoms with Crippen LogP contribution in [-0.2, 0) is 9.47 Å². The van der Waals surface area contributed by atoms with Crippen molar-refractivity contribution in [3.05, 3.63) is 29.8 Å². The van der Waals surface area contributed by atoms with E-state index < -0.39 is 11.7 Å². The van der Waals surface area contributed by atoms with Crippen LogP contribution < -0.4 is 5.32 Å². The highest BCUT2D eigenvalue weighted by Gasteiger charge is 2.26. The van der Waals surface area contributed by atoms with E-state index in [1.807, 2.05) is 13.8 Å². The SMILES string of the molecule is CC1CN(C(=O)c2ccc(NC(=O)OC(C)(C)C)cc2)CC(C)O1. The fraction of sp³-hybridized carbons (Fsp3) is 0.556. The van der Waals surface area contributed by atoms with E-state index in [9.17, 15) is 9.59 Å². The summed E-state index contributed by atoms with van der Waals surface area (Å²) in [6, 6.07) is 6.81. The summed E-state index contributed by atoms with van der Waals surface area (Å²) in [5, 5.41) is 2.65. The van der Waals surface area contributed by atoms with Gasteiger partial charge in [0.2, 0.25) is 0 Å². The number of carbonyl (C=O) groups excluding carboxylic acids is 2. The summed E-state index contributed by atoms with van der Waals surface area (Å²) in [5.74, 6) is -0.0270. The maximum absolute atomic E-state index is 12.6. The number of benzene rings is 1. The number of ether oxygens (including phenoxy) is 2. The van der Waals surface area contributed by atoms with Crippen LogP contribution >= 0.6 is 0 Å². The second kappa shape index (κ2) is 7.21. The number of amides is 2. The Morgan fingerprint density at radius 3 is 2.17 bits per heavy atom. The van der Waals surface area contributed by atoms with Crippen molar-refractivity contribution in [1.82, 2.24) is 4.90 Å². The van der Waals surface area contributed by atoms with Gasteiger partial charge in [-0.05, 0) is 58.9 Å². The highest BCUT2D eigenvalue weighted by molar-refractivity contribution is 5.95. The summed E-state index contributed by atoms with van der Waals surface area (Å²) in [5.41, 5.74) is 0.625. The monoisotopic (exact) mass is 334 g/mol.